The maximum absolute atomic E-state index is 13.0. The summed E-state index contributed by atoms with van der Waals surface area (Å²) in [5, 5.41) is 18.8. The summed E-state index contributed by atoms with van der Waals surface area (Å²) in [5.41, 5.74) is 1.28. The average molecular weight is 678 g/mol. The van der Waals surface area contributed by atoms with E-state index in [4.69, 9.17) is 24.1 Å². The second kappa shape index (κ2) is 19.4. The highest BCUT2D eigenvalue weighted by Gasteiger charge is 2.26. The molecule has 0 atom stereocenters. The lowest BCUT2D eigenvalue weighted by Gasteiger charge is -2.34. The van der Waals surface area contributed by atoms with Gasteiger partial charge in [0.25, 0.3) is 5.97 Å². The number of hydrogen-bond donors (Lipinski definition) is 1. The first-order chi connectivity index (χ1) is 23.1. The highest BCUT2D eigenvalue weighted by atomic mass is 16.6. The molecule has 2 heterocycles. The summed E-state index contributed by atoms with van der Waals surface area (Å²) in [6, 6.07) is 22.9. The second-order valence-corrected chi connectivity index (χ2v) is 12.7. The number of nitrogens with zero attached hydrogens (tertiary/aromatic N) is 3. The van der Waals surface area contributed by atoms with E-state index in [1.165, 1.54) is 11.6 Å². The van der Waals surface area contributed by atoms with Crippen LogP contribution in [-0.2, 0) is 9.59 Å². The first kappa shape index (κ1) is 38.8. The van der Waals surface area contributed by atoms with Crippen LogP contribution >= 0.6 is 0 Å². The normalized spacial score (nSPS) is 15.4. The van der Waals surface area contributed by atoms with Gasteiger partial charge in [-0.1, -0.05) is 51.6 Å². The molecule has 5 rings (SSSR count). The number of piperidine rings is 2. The van der Waals surface area contributed by atoms with Crippen LogP contribution in [0.1, 0.15) is 71.8 Å². The van der Waals surface area contributed by atoms with Gasteiger partial charge in [-0.2, -0.15) is 0 Å². The van der Waals surface area contributed by atoms with Crippen molar-refractivity contribution < 1.29 is 33.8 Å². The fraction of sp³-hybridized carbons (Fsp3) is 0.474. The number of nitro groups is 1. The van der Waals surface area contributed by atoms with E-state index in [9.17, 15) is 14.9 Å². The average Bonchev–Trinajstić information content (AvgIpc) is 3.07. The molecule has 0 aliphatic carbocycles. The van der Waals surface area contributed by atoms with Crippen molar-refractivity contribution in [3.63, 3.8) is 0 Å². The zero-order chi connectivity index (χ0) is 34.5. The van der Waals surface area contributed by atoms with Crippen LogP contribution in [0.4, 0.5) is 5.69 Å². The van der Waals surface area contributed by atoms with Gasteiger partial charge in [0.15, 0.2) is 0 Å². The molecule has 3 aromatic rings. The number of carboxylic acids is 1. The van der Waals surface area contributed by atoms with E-state index in [1.807, 2.05) is 61.2 Å². The van der Waals surface area contributed by atoms with Crippen LogP contribution in [0.25, 0.3) is 0 Å². The molecule has 2 aliphatic heterocycles. The number of para-hydroxylation sites is 1. The molecule has 1 N–H and O–H groups in total. The van der Waals surface area contributed by atoms with E-state index in [0.717, 1.165) is 63.7 Å². The van der Waals surface area contributed by atoms with Crippen LogP contribution in [0.15, 0.2) is 72.8 Å². The number of rotatable bonds is 12. The number of aliphatic carboxylic acids is 1. The van der Waals surface area contributed by atoms with Crippen LogP contribution in [0.3, 0.4) is 0 Å². The molecule has 0 unspecified atom stereocenters. The van der Waals surface area contributed by atoms with Crippen molar-refractivity contribution >= 4 is 17.6 Å². The van der Waals surface area contributed by atoms with Gasteiger partial charge >= 0.3 is 5.69 Å². The number of nitro benzene ring substituents is 1. The summed E-state index contributed by atoms with van der Waals surface area (Å²) in [5.74, 6) is 2.60. The Kier molecular flexibility index (Phi) is 15.3. The second-order valence-electron chi connectivity index (χ2n) is 12.7. The quantitative estimate of drug-likeness (QED) is 0.151. The summed E-state index contributed by atoms with van der Waals surface area (Å²) in [4.78, 5) is 37.3. The number of benzene rings is 3. The van der Waals surface area contributed by atoms with Crippen molar-refractivity contribution in [3.8, 4) is 23.0 Å². The molecule has 1 amide bonds. The van der Waals surface area contributed by atoms with Crippen molar-refractivity contribution in [3.05, 3.63) is 88.5 Å². The molecule has 11 nitrogen and oxygen atoms in total. The molecule has 0 saturated carbocycles. The Morgan fingerprint density at radius 3 is 2.08 bits per heavy atom. The van der Waals surface area contributed by atoms with E-state index < -0.39 is 10.9 Å². The lowest BCUT2D eigenvalue weighted by atomic mass is 9.89. The van der Waals surface area contributed by atoms with Gasteiger partial charge in [0.05, 0.1) is 11.5 Å². The highest BCUT2D eigenvalue weighted by molar-refractivity contribution is 5.76. The Bertz CT molecular complexity index is 1460. The minimum absolute atomic E-state index is 0. The summed E-state index contributed by atoms with van der Waals surface area (Å²) >= 11 is 0. The zero-order valence-corrected chi connectivity index (χ0v) is 28.1. The molecular weight excluding hydrogens is 626 g/mol. The molecule has 2 fully saturated rings. The zero-order valence-electron chi connectivity index (χ0n) is 28.1. The van der Waals surface area contributed by atoms with Crippen molar-refractivity contribution in [1.29, 1.82) is 0 Å². The van der Waals surface area contributed by atoms with Crippen LogP contribution in [-0.4, -0.2) is 77.1 Å². The third kappa shape index (κ3) is 12.7. The third-order valence-corrected chi connectivity index (χ3v) is 8.36. The van der Waals surface area contributed by atoms with Gasteiger partial charge in [-0.15, -0.1) is 0 Å². The summed E-state index contributed by atoms with van der Waals surface area (Å²) in [6.45, 7) is 9.54. The van der Waals surface area contributed by atoms with Gasteiger partial charge in [-0.3, -0.25) is 19.7 Å². The molecule has 0 radical (unpaired) electrons. The van der Waals surface area contributed by atoms with Crippen LogP contribution in [0, 0.1) is 16.0 Å². The predicted octanol–water partition coefficient (Wildman–Crippen LogP) is 7.79. The van der Waals surface area contributed by atoms with Crippen LogP contribution in [0.2, 0.25) is 0 Å². The molecule has 0 bridgehead atoms. The lowest BCUT2D eigenvalue weighted by molar-refractivity contribution is -0.385. The van der Waals surface area contributed by atoms with Crippen LogP contribution in [0.5, 0.6) is 23.0 Å². The van der Waals surface area contributed by atoms with E-state index in [0.29, 0.717) is 37.8 Å². The number of carbonyl (C=O) groups excluding carboxylic acids is 1. The van der Waals surface area contributed by atoms with Gasteiger partial charge < -0.3 is 29.1 Å². The largest absolute Gasteiger partial charge is 0.490 e. The molecule has 0 aromatic heterocycles. The van der Waals surface area contributed by atoms with Crippen molar-refractivity contribution in [2.75, 3.05) is 39.3 Å². The molecule has 11 heteroatoms. The number of likely N-dealkylation sites (tertiary alicyclic amines) is 2. The minimum atomic E-state index is -0.833. The Balaban J connectivity index is 0.00000123. The van der Waals surface area contributed by atoms with Crippen molar-refractivity contribution in [2.45, 2.75) is 72.3 Å². The van der Waals surface area contributed by atoms with E-state index in [1.54, 1.807) is 12.1 Å². The molecule has 2 aliphatic rings. The Morgan fingerprint density at radius 2 is 1.49 bits per heavy atom. The maximum atomic E-state index is 13.0. The van der Waals surface area contributed by atoms with Gasteiger partial charge in [0, 0.05) is 58.0 Å². The number of carboxylic acid groups (broad SMARTS) is 1. The topological polar surface area (TPSA) is 132 Å². The molecule has 266 valence electrons. The Hall–Kier alpha value is -4.64. The first-order valence-electron chi connectivity index (χ1n) is 16.7. The van der Waals surface area contributed by atoms with Gasteiger partial charge in [0.1, 0.15) is 23.4 Å². The predicted molar refractivity (Wildman–Crippen MR) is 190 cm³/mol. The SMILES string of the molecule is C.CC(=O)O.CC(C)COc1cc(OC2CCN(C(=O)CCN3CCC(c4ccc(Oc5ccccc5)cc4)CC3)CC2)ccc1[N+](=O)[O-]. The smallest absolute Gasteiger partial charge is 0.311 e. The molecule has 49 heavy (non-hydrogen) atoms. The fourth-order valence-electron chi connectivity index (χ4n) is 5.84. The number of ether oxygens (including phenoxy) is 3. The van der Waals surface area contributed by atoms with Gasteiger partial charge in [0.2, 0.25) is 11.7 Å². The number of hydrogen-bond acceptors (Lipinski definition) is 8. The standard InChI is InChI=1S/C35H43N3O6.C2H4O2.CH4/c1-26(2)25-42-34-24-32(12-13-33(34)38(40)41)44-31-16-22-37(23-17-31)35(39)18-21-36-19-14-28(15-20-36)27-8-10-30(11-9-27)43-29-6-4-3-5-7-29;1-2(3)4;/h3-13,24,26,28,31H,14-23,25H2,1-2H3;1H3,(H,3,4);1H4. The molecule has 0 spiro atoms. The summed E-state index contributed by atoms with van der Waals surface area (Å²) < 4.78 is 17.8. The van der Waals surface area contributed by atoms with E-state index in [-0.39, 0.29) is 36.8 Å². The lowest BCUT2D eigenvalue weighted by Crippen LogP contribution is -2.43. The Labute approximate surface area is 289 Å². The van der Waals surface area contributed by atoms with Crippen molar-refractivity contribution in [2.24, 2.45) is 5.92 Å². The highest BCUT2D eigenvalue weighted by Crippen LogP contribution is 2.33. The summed E-state index contributed by atoms with van der Waals surface area (Å²) in [6.07, 6.45) is 4.11. The van der Waals surface area contributed by atoms with Crippen molar-refractivity contribution in [1.82, 2.24) is 9.80 Å². The first-order valence-corrected chi connectivity index (χ1v) is 16.7. The molecule has 3 aromatic carbocycles. The Morgan fingerprint density at radius 1 is 0.898 bits per heavy atom. The third-order valence-electron chi connectivity index (χ3n) is 8.36. The molecular formula is C38H51N3O8. The van der Waals surface area contributed by atoms with E-state index in [2.05, 4.69) is 17.0 Å². The van der Waals surface area contributed by atoms with E-state index >= 15 is 0 Å². The monoisotopic (exact) mass is 677 g/mol. The number of carbonyl (C=O) groups is 2. The van der Waals surface area contributed by atoms with Gasteiger partial charge in [-0.25, -0.2) is 0 Å². The summed E-state index contributed by atoms with van der Waals surface area (Å²) in [7, 11) is 0. The molecule has 2 saturated heterocycles. The van der Waals surface area contributed by atoms with Gasteiger partial charge in [-0.05, 0) is 73.7 Å². The fourth-order valence-corrected chi connectivity index (χ4v) is 5.84. The van der Waals surface area contributed by atoms with Crippen LogP contribution < -0.4 is 14.2 Å². The maximum Gasteiger partial charge on any atom is 0.311 e. The minimum Gasteiger partial charge on any atom is -0.490 e. The number of amides is 1.